The zero-order valence-electron chi connectivity index (χ0n) is 10.4. The monoisotopic (exact) mass is 210 g/mol. The van der Waals surface area contributed by atoms with Gasteiger partial charge in [-0.15, -0.1) is 0 Å². The molecule has 0 aromatic heterocycles. The third-order valence-corrected chi connectivity index (χ3v) is 3.93. The minimum absolute atomic E-state index is 0.561. The first kappa shape index (κ1) is 11.4. The summed E-state index contributed by atoms with van der Waals surface area (Å²) in [7, 11) is 0. The van der Waals surface area contributed by atoms with E-state index in [1.165, 1.54) is 58.0 Å². The average molecular weight is 210 g/mol. The van der Waals surface area contributed by atoms with Crippen LogP contribution in [0.4, 0.5) is 0 Å². The summed E-state index contributed by atoms with van der Waals surface area (Å²) >= 11 is 0. The lowest BCUT2D eigenvalue weighted by Crippen LogP contribution is -2.49. The van der Waals surface area contributed by atoms with Crippen LogP contribution < -0.4 is 5.43 Å². The SMILES string of the molecule is CC1(C)CCCC(NN2CCCCC2)C1. The Morgan fingerprint density at radius 1 is 1.07 bits per heavy atom. The van der Waals surface area contributed by atoms with E-state index in [0.29, 0.717) is 5.41 Å². The van der Waals surface area contributed by atoms with Crippen molar-refractivity contribution < 1.29 is 0 Å². The summed E-state index contributed by atoms with van der Waals surface area (Å²) < 4.78 is 0. The Hall–Kier alpha value is -0.0800. The maximum Gasteiger partial charge on any atom is 0.0220 e. The zero-order chi connectivity index (χ0) is 10.7. The lowest BCUT2D eigenvalue weighted by atomic mass is 9.75. The van der Waals surface area contributed by atoms with Crippen molar-refractivity contribution in [2.45, 2.75) is 64.8 Å². The van der Waals surface area contributed by atoms with Crippen LogP contribution >= 0.6 is 0 Å². The number of nitrogens with zero attached hydrogens (tertiary/aromatic N) is 1. The molecule has 15 heavy (non-hydrogen) atoms. The number of hydrogen-bond acceptors (Lipinski definition) is 2. The lowest BCUT2D eigenvalue weighted by molar-refractivity contribution is 0.0853. The molecule has 1 aliphatic heterocycles. The molecular formula is C13H26N2. The maximum absolute atomic E-state index is 3.75. The van der Waals surface area contributed by atoms with Crippen LogP contribution in [0.15, 0.2) is 0 Å². The molecule has 1 atom stereocenters. The minimum Gasteiger partial charge on any atom is -0.252 e. The molecule has 2 nitrogen and oxygen atoms in total. The maximum atomic E-state index is 3.75. The average Bonchev–Trinajstić information content (AvgIpc) is 2.17. The van der Waals surface area contributed by atoms with Gasteiger partial charge in [0.05, 0.1) is 0 Å². The third-order valence-electron chi connectivity index (χ3n) is 3.93. The van der Waals surface area contributed by atoms with Gasteiger partial charge >= 0.3 is 0 Å². The molecule has 1 heterocycles. The fourth-order valence-electron chi connectivity index (χ4n) is 3.09. The topological polar surface area (TPSA) is 15.3 Å². The van der Waals surface area contributed by atoms with Gasteiger partial charge in [-0.1, -0.05) is 26.7 Å². The first-order valence-corrected chi connectivity index (χ1v) is 6.67. The van der Waals surface area contributed by atoms with Crippen LogP contribution in [0.2, 0.25) is 0 Å². The van der Waals surface area contributed by atoms with E-state index in [9.17, 15) is 0 Å². The summed E-state index contributed by atoms with van der Waals surface area (Å²) in [5.74, 6) is 0. The molecule has 0 radical (unpaired) electrons. The van der Waals surface area contributed by atoms with Crippen LogP contribution in [-0.2, 0) is 0 Å². The third kappa shape index (κ3) is 3.46. The van der Waals surface area contributed by atoms with Crippen molar-refractivity contribution in [3.63, 3.8) is 0 Å². The van der Waals surface area contributed by atoms with Gasteiger partial charge in [-0.3, -0.25) is 5.43 Å². The second kappa shape index (κ2) is 4.84. The van der Waals surface area contributed by atoms with Gasteiger partial charge in [-0.05, 0) is 37.5 Å². The molecule has 0 aromatic carbocycles. The van der Waals surface area contributed by atoms with E-state index < -0.39 is 0 Å². The first-order valence-electron chi connectivity index (χ1n) is 6.67. The van der Waals surface area contributed by atoms with Crippen LogP contribution in [-0.4, -0.2) is 24.1 Å². The zero-order valence-corrected chi connectivity index (χ0v) is 10.4. The van der Waals surface area contributed by atoms with Crippen molar-refractivity contribution in [2.24, 2.45) is 5.41 Å². The Kier molecular flexibility index (Phi) is 3.68. The predicted molar refractivity (Wildman–Crippen MR) is 64.6 cm³/mol. The summed E-state index contributed by atoms with van der Waals surface area (Å²) in [6.07, 6.45) is 9.72. The highest BCUT2D eigenvalue weighted by Gasteiger charge is 2.28. The minimum atomic E-state index is 0.561. The Bertz CT molecular complexity index is 195. The van der Waals surface area contributed by atoms with Gasteiger partial charge < -0.3 is 0 Å². The van der Waals surface area contributed by atoms with E-state index in [-0.39, 0.29) is 0 Å². The quantitative estimate of drug-likeness (QED) is 0.754. The number of piperidine rings is 1. The van der Waals surface area contributed by atoms with Crippen LogP contribution in [0.25, 0.3) is 0 Å². The van der Waals surface area contributed by atoms with E-state index in [1.54, 1.807) is 0 Å². The van der Waals surface area contributed by atoms with Gasteiger partial charge in [-0.25, -0.2) is 5.01 Å². The summed E-state index contributed by atoms with van der Waals surface area (Å²) in [6.45, 7) is 7.35. The first-order chi connectivity index (χ1) is 7.16. The van der Waals surface area contributed by atoms with Gasteiger partial charge in [0.25, 0.3) is 0 Å². The van der Waals surface area contributed by atoms with Crippen LogP contribution in [0, 0.1) is 5.41 Å². The molecule has 1 aliphatic carbocycles. The number of nitrogens with one attached hydrogen (secondary N) is 1. The molecule has 2 fully saturated rings. The summed E-state index contributed by atoms with van der Waals surface area (Å²) in [5.41, 5.74) is 4.31. The van der Waals surface area contributed by atoms with Gasteiger partial charge in [0.2, 0.25) is 0 Å². The molecule has 2 heteroatoms. The van der Waals surface area contributed by atoms with Crippen molar-refractivity contribution >= 4 is 0 Å². The lowest BCUT2D eigenvalue weighted by Gasteiger charge is -2.39. The van der Waals surface area contributed by atoms with Gasteiger partial charge in [0, 0.05) is 19.1 Å². The Morgan fingerprint density at radius 2 is 1.80 bits per heavy atom. The summed E-state index contributed by atoms with van der Waals surface area (Å²) in [6, 6.07) is 0.742. The number of hydrogen-bond donors (Lipinski definition) is 1. The summed E-state index contributed by atoms with van der Waals surface area (Å²) in [5, 5.41) is 2.47. The van der Waals surface area contributed by atoms with E-state index in [1.807, 2.05) is 0 Å². The fourth-order valence-corrected chi connectivity index (χ4v) is 3.09. The highest BCUT2D eigenvalue weighted by molar-refractivity contribution is 4.83. The highest BCUT2D eigenvalue weighted by atomic mass is 15.5. The Morgan fingerprint density at radius 3 is 2.47 bits per heavy atom. The Labute approximate surface area is 94.4 Å². The molecule has 2 aliphatic rings. The fraction of sp³-hybridized carbons (Fsp3) is 1.00. The van der Waals surface area contributed by atoms with Crippen LogP contribution in [0.3, 0.4) is 0 Å². The summed E-state index contributed by atoms with van der Waals surface area (Å²) in [4.78, 5) is 0. The molecule has 1 saturated heterocycles. The molecule has 0 aromatic rings. The molecule has 1 unspecified atom stereocenters. The second-order valence-corrected chi connectivity index (χ2v) is 6.13. The molecule has 1 N–H and O–H groups in total. The van der Waals surface area contributed by atoms with Gasteiger partial charge in [0.1, 0.15) is 0 Å². The molecule has 2 rings (SSSR count). The normalized spacial score (nSPS) is 32.8. The molecular weight excluding hydrogens is 184 g/mol. The van der Waals surface area contributed by atoms with Crippen molar-refractivity contribution in [3.8, 4) is 0 Å². The molecule has 0 bridgehead atoms. The largest absolute Gasteiger partial charge is 0.252 e. The van der Waals surface area contributed by atoms with E-state index in [0.717, 1.165) is 6.04 Å². The molecule has 1 saturated carbocycles. The highest BCUT2D eigenvalue weighted by Crippen LogP contribution is 2.35. The van der Waals surface area contributed by atoms with E-state index in [2.05, 4.69) is 24.3 Å². The number of rotatable bonds is 2. The molecule has 88 valence electrons. The van der Waals surface area contributed by atoms with Crippen molar-refractivity contribution in [1.82, 2.24) is 10.4 Å². The van der Waals surface area contributed by atoms with Gasteiger partial charge in [-0.2, -0.15) is 0 Å². The smallest absolute Gasteiger partial charge is 0.0220 e. The second-order valence-electron chi connectivity index (χ2n) is 6.13. The van der Waals surface area contributed by atoms with E-state index >= 15 is 0 Å². The number of hydrazine groups is 1. The predicted octanol–water partition coefficient (Wildman–Crippen LogP) is 2.95. The molecule has 0 spiro atoms. The van der Waals surface area contributed by atoms with Crippen LogP contribution in [0.1, 0.15) is 58.8 Å². The van der Waals surface area contributed by atoms with E-state index in [4.69, 9.17) is 0 Å². The van der Waals surface area contributed by atoms with Gasteiger partial charge in [0.15, 0.2) is 0 Å². The van der Waals surface area contributed by atoms with Crippen LogP contribution in [0.5, 0.6) is 0 Å². The van der Waals surface area contributed by atoms with Crippen molar-refractivity contribution in [1.29, 1.82) is 0 Å². The standard InChI is InChI=1S/C13H26N2/c1-13(2)8-6-7-12(11-13)14-15-9-4-3-5-10-15/h12,14H,3-11H2,1-2H3. The van der Waals surface area contributed by atoms with Crippen molar-refractivity contribution in [2.75, 3.05) is 13.1 Å². The Balaban J connectivity index is 1.78. The molecule has 0 amide bonds. The van der Waals surface area contributed by atoms with Crippen molar-refractivity contribution in [3.05, 3.63) is 0 Å².